The van der Waals surface area contributed by atoms with Crippen LogP contribution < -0.4 is 0 Å². The molecule has 2 aromatic heterocycles. The van der Waals surface area contributed by atoms with Crippen LogP contribution in [0.25, 0.3) is 28.0 Å². The first-order valence-electron chi connectivity index (χ1n) is 7.03. The highest BCUT2D eigenvalue weighted by Crippen LogP contribution is 2.27. The lowest BCUT2D eigenvalue weighted by Crippen LogP contribution is -2.01. The van der Waals surface area contributed by atoms with E-state index in [2.05, 4.69) is 33.5 Å². The van der Waals surface area contributed by atoms with Crippen molar-refractivity contribution in [1.82, 2.24) is 25.2 Å². The van der Waals surface area contributed by atoms with Crippen molar-refractivity contribution in [3.05, 3.63) is 66.4 Å². The van der Waals surface area contributed by atoms with Crippen molar-refractivity contribution in [2.45, 2.75) is 6.92 Å². The average Bonchev–Trinajstić information content (AvgIpc) is 3.06. The Hall–Kier alpha value is -3.08. The lowest BCUT2D eigenvalue weighted by atomic mass is 10.0. The van der Waals surface area contributed by atoms with Crippen LogP contribution in [0.5, 0.6) is 0 Å². The fourth-order valence-corrected chi connectivity index (χ4v) is 2.60. The van der Waals surface area contributed by atoms with Crippen LogP contribution in [-0.2, 0) is 0 Å². The normalized spacial score (nSPS) is 11.0. The first-order valence-corrected chi connectivity index (χ1v) is 7.03. The number of aromatic nitrogens is 5. The van der Waals surface area contributed by atoms with Gasteiger partial charge in [0.2, 0.25) is 0 Å². The molecule has 2 heterocycles. The Morgan fingerprint density at radius 2 is 1.68 bits per heavy atom. The van der Waals surface area contributed by atoms with E-state index in [1.807, 2.05) is 54.7 Å². The van der Waals surface area contributed by atoms with Gasteiger partial charge in [-0.25, -0.2) is 0 Å². The summed E-state index contributed by atoms with van der Waals surface area (Å²) < 4.78 is 1.73. The Morgan fingerprint density at radius 3 is 2.55 bits per heavy atom. The molecular weight excluding hydrogens is 274 g/mol. The SMILES string of the molecule is Cc1c(-c2nnnn2-c2ccccc2)cnc2ccccc12. The summed E-state index contributed by atoms with van der Waals surface area (Å²) in [7, 11) is 0. The highest BCUT2D eigenvalue weighted by atomic mass is 15.5. The molecule has 4 aromatic rings. The number of aryl methyl sites for hydroxylation is 1. The average molecular weight is 287 g/mol. The van der Waals surface area contributed by atoms with Crippen molar-refractivity contribution in [2.24, 2.45) is 0 Å². The summed E-state index contributed by atoms with van der Waals surface area (Å²) in [6.45, 7) is 2.07. The van der Waals surface area contributed by atoms with E-state index in [0.717, 1.165) is 27.7 Å². The number of rotatable bonds is 2. The molecule has 0 saturated heterocycles. The van der Waals surface area contributed by atoms with Crippen LogP contribution in [-0.4, -0.2) is 25.2 Å². The van der Waals surface area contributed by atoms with Crippen LogP contribution in [0, 0.1) is 6.92 Å². The van der Waals surface area contributed by atoms with E-state index in [1.165, 1.54) is 0 Å². The maximum Gasteiger partial charge on any atom is 0.188 e. The van der Waals surface area contributed by atoms with Crippen molar-refractivity contribution in [1.29, 1.82) is 0 Å². The van der Waals surface area contributed by atoms with Crippen LogP contribution >= 0.6 is 0 Å². The molecule has 0 bridgehead atoms. The van der Waals surface area contributed by atoms with Crippen molar-refractivity contribution < 1.29 is 0 Å². The second-order valence-electron chi connectivity index (χ2n) is 5.06. The van der Waals surface area contributed by atoms with Gasteiger partial charge in [-0.15, -0.1) is 5.10 Å². The maximum atomic E-state index is 4.52. The van der Waals surface area contributed by atoms with Gasteiger partial charge in [0.25, 0.3) is 0 Å². The minimum Gasteiger partial charge on any atom is -0.255 e. The van der Waals surface area contributed by atoms with Gasteiger partial charge >= 0.3 is 0 Å². The molecule has 0 spiro atoms. The number of fused-ring (bicyclic) bond motifs is 1. The first kappa shape index (κ1) is 12.6. The molecule has 0 saturated carbocycles. The molecule has 5 nitrogen and oxygen atoms in total. The summed E-state index contributed by atoms with van der Waals surface area (Å²) >= 11 is 0. The van der Waals surface area contributed by atoms with Gasteiger partial charge < -0.3 is 0 Å². The van der Waals surface area contributed by atoms with Crippen molar-refractivity contribution in [3.63, 3.8) is 0 Å². The number of tetrazole rings is 1. The third-order valence-corrected chi connectivity index (χ3v) is 3.76. The second-order valence-corrected chi connectivity index (χ2v) is 5.06. The summed E-state index contributed by atoms with van der Waals surface area (Å²) in [6.07, 6.45) is 1.84. The molecule has 0 unspecified atom stereocenters. The second kappa shape index (κ2) is 5.04. The van der Waals surface area contributed by atoms with E-state index in [0.29, 0.717) is 5.82 Å². The number of benzene rings is 2. The molecule has 22 heavy (non-hydrogen) atoms. The van der Waals surface area contributed by atoms with Gasteiger partial charge in [0.05, 0.1) is 11.2 Å². The van der Waals surface area contributed by atoms with Crippen molar-refractivity contribution in [2.75, 3.05) is 0 Å². The fourth-order valence-electron chi connectivity index (χ4n) is 2.60. The predicted octanol–water partition coefficient (Wildman–Crippen LogP) is 3.19. The predicted molar refractivity (Wildman–Crippen MR) is 84.6 cm³/mol. The molecule has 0 N–H and O–H groups in total. The smallest absolute Gasteiger partial charge is 0.188 e. The molecule has 0 amide bonds. The summed E-state index contributed by atoms with van der Waals surface area (Å²) in [4.78, 5) is 4.52. The summed E-state index contributed by atoms with van der Waals surface area (Å²) in [6, 6.07) is 17.9. The Kier molecular flexibility index (Phi) is 2.89. The molecule has 0 fully saturated rings. The number of hydrogen-bond acceptors (Lipinski definition) is 4. The zero-order chi connectivity index (χ0) is 14.9. The van der Waals surface area contributed by atoms with E-state index in [4.69, 9.17) is 0 Å². The zero-order valence-corrected chi connectivity index (χ0v) is 12.0. The first-order chi connectivity index (χ1) is 10.8. The van der Waals surface area contributed by atoms with Crippen LogP contribution in [0.4, 0.5) is 0 Å². The minimum absolute atomic E-state index is 0.696. The van der Waals surface area contributed by atoms with Gasteiger partial charge in [0.1, 0.15) is 0 Å². The Labute approximate surface area is 127 Å². The van der Waals surface area contributed by atoms with E-state index < -0.39 is 0 Å². The van der Waals surface area contributed by atoms with Gasteiger partial charge in [-0.05, 0) is 41.1 Å². The Balaban J connectivity index is 1.94. The van der Waals surface area contributed by atoms with Crippen LogP contribution in [0.2, 0.25) is 0 Å². The third kappa shape index (κ3) is 1.95. The molecule has 0 atom stereocenters. The van der Waals surface area contributed by atoms with Crippen molar-refractivity contribution in [3.8, 4) is 17.1 Å². The number of para-hydroxylation sites is 2. The van der Waals surface area contributed by atoms with Gasteiger partial charge in [-0.2, -0.15) is 4.68 Å². The number of pyridine rings is 1. The number of nitrogens with zero attached hydrogens (tertiary/aromatic N) is 5. The molecule has 106 valence electrons. The lowest BCUT2D eigenvalue weighted by Gasteiger charge is -2.09. The van der Waals surface area contributed by atoms with Crippen LogP contribution in [0.1, 0.15) is 5.56 Å². The quantitative estimate of drug-likeness (QED) is 0.568. The lowest BCUT2D eigenvalue weighted by molar-refractivity contribution is 0.791. The standard InChI is InChI=1S/C17H13N5/c1-12-14-9-5-6-10-16(14)18-11-15(12)17-19-20-21-22(17)13-7-3-2-4-8-13/h2-11H,1H3. The molecule has 5 heteroatoms. The maximum absolute atomic E-state index is 4.52. The van der Waals surface area contributed by atoms with Crippen LogP contribution in [0.15, 0.2) is 60.8 Å². The van der Waals surface area contributed by atoms with Gasteiger partial charge in [0, 0.05) is 17.1 Å². The monoisotopic (exact) mass is 287 g/mol. The molecule has 0 aliphatic rings. The fraction of sp³-hybridized carbons (Fsp3) is 0.0588. The molecule has 0 aliphatic heterocycles. The highest BCUT2D eigenvalue weighted by molar-refractivity contribution is 5.87. The third-order valence-electron chi connectivity index (χ3n) is 3.76. The molecule has 2 aromatic carbocycles. The van der Waals surface area contributed by atoms with Gasteiger partial charge in [0.15, 0.2) is 5.82 Å². The Bertz CT molecular complexity index is 944. The summed E-state index contributed by atoms with van der Waals surface area (Å²) in [5, 5.41) is 13.2. The van der Waals surface area contributed by atoms with E-state index in [9.17, 15) is 0 Å². The Morgan fingerprint density at radius 1 is 0.909 bits per heavy atom. The zero-order valence-electron chi connectivity index (χ0n) is 12.0. The topological polar surface area (TPSA) is 56.5 Å². The van der Waals surface area contributed by atoms with Crippen molar-refractivity contribution >= 4 is 10.9 Å². The minimum atomic E-state index is 0.696. The molecule has 4 rings (SSSR count). The number of hydrogen-bond donors (Lipinski definition) is 0. The highest BCUT2D eigenvalue weighted by Gasteiger charge is 2.14. The van der Waals surface area contributed by atoms with E-state index in [-0.39, 0.29) is 0 Å². The van der Waals surface area contributed by atoms with E-state index in [1.54, 1.807) is 4.68 Å². The summed E-state index contributed by atoms with van der Waals surface area (Å²) in [5.41, 5.74) is 3.96. The molecule has 0 aliphatic carbocycles. The van der Waals surface area contributed by atoms with Gasteiger partial charge in [-0.3, -0.25) is 4.98 Å². The molecular formula is C17H13N5. The molecule has 0 radical (unpaired) electrons. The van der Waals surface area contributed by atoms with E-state index >= 15 is 0 Å². The summed E-state index contributed by atoms with van der Waals surface area (Å²) in [5.74, 6) is 0.696. The van der Waals surface area contributed by atoms with Crippen LogP contribution in [0.3, 0.4) is 0 Å². The van der Waals surface area contributed by atoms with Gasteiger partial charge in [-0.1, -0.05) is 36.4 Å². The largest absolute Gasteiger partial charge is 0.255 e.